The highest BCUT2D eigenvalue weighted by molar-refractivity contribution is 5.71. The molecular formula is C29H54O6. The zero-order valence-electron chi connectivity index (χ0n) is 23.1. The van der Waals surface area contributed by atoms with Crippen LogP contribution in [0, 0.1) is 0 Å². The highest BCUT2D eigenvalue weighted by Crippen LogP contribution is 2.14. The number of rotatable bonds is 25. The van der Waals surface area contributed by atoms with Crippen molar-refractivity contribution in [2.75, 3.05) is 13.2 Å². The monoisotopic (exact) mass is 498 g/mol. The molecular weight excluding hydrogens is 444 g/mol. The number of esters is 3. The molecule has 0 aromatic rings. The molecule has 0 amide bonds. The van der Waals surface area contributed by atoms with E-state index in [9.17, 15) is 14.4 Å². The Morgan fingerprint density at radius 1 is 0.457 bits per heavy atom. The second-order valence-electron chi connectivity index (χ2n) is 9.68. The fourth-order valence-corrected chi connectivity index (χ4v) is 3.93. The van der Waals surface area contributed by atoms with E-state index in [4.69, 9.17) is 14.2 Å². The molecule has 0 heterocycles. The van der Waals surface area contributed by atoms with E-state index in [-0.39, 0.29) is 37.5 Å². The molecule has 35 heavy (non-hydrogen) atoms. The first kappa shape index (κ1) is 33.4. The van der Waals surface area contributed by atoms with Crippen molar-refractivity contribution in [3.63, 3.8) is 0 Å². The Kier molecular flexibility index (Phi) is 24.3. The molecule has 1 unspecified atom stereocenters. The average molecular weight is 499 g/mol. The first-order valence-corrected chi connectivity index (χ1v) is 14.5. The largest absolute Gasteiger partial charge is 0.462 e. The van der Waals surface area contributed by atoms with E-state index < -0.39 is 6.10 Å². The van der Waals surface area contributed by atoms with Gasteiger partial charge in [0.15, 0.2) is 6.10 Å². The third kappa shape index (κ3) is 23.9. The topological polar surface area (TPSA) is 78.9 Å². The van der Waals surface area contributed by atoms with Gasteiger partial charge in [0.2, 0.25) is 0 Å². The van der Waals surface area contributed by atoms with Crippen LogP contribution in [-0.4, -0.2) is 37.2 Å². The molecule has 6 heteroatoms. The predicted octanol–water partition coefficient (Wildman–Crippen LogP) is 7.85. The minimum absolute atomic E-state index is 0.0770. The third-order valence-corrected chi connectivity index (χ3v) is 6.05. The first-order valence-electron chi connectivity index (χ1n) is 14.5. The van der Waals surface area contributed by atoms with Crippen LogP contribution in [0.2, 0.25) is 0 Å². The summed E-state index contributed by atoms with van der Waals surface area (Å²) in [6.07, 6.45) is 20.8. The molecule has 0 aliphatic heterocycles. The second kappa shape index (κ2) is 25.5. The van der Waals surface area contributed by atoms with Gasteiger partial charge < -0.3 is 14.2 Å². The summed E-state index contributed by atoms with van der Waals surface area (Å²) in [4.78, 5) is 35.5. The lowest BCUT2D eigenvalue weighted by Gasteiger charge is -2.18. The van der Waals surface area contributed by atoms with Crippen molar-refractivity contribution in [2.45, 2.75) is 155 Å². The number of carbonyl (C=O) groups is 3. The van der Waals surface area contributed by atoms with E-state index in [2.05, 4.69) is 6.92 Å². The quantitative estimate of drug-likeness (QED) is 0.0724. The van der Waals surface area contributed by atoms with Crippen LogP contribution in [0.5, 0.6) is 0 Å². The summed E-state index contributed by atoms with van der Waals surface area (Å²) < 4.78 is 15.7. The van der Waals surface area contributed by atoms with Gasteiger partial charge in [-0.3, -0.25) is 14.4 Å². The van der Waals surface area contributed by atoms with E-state index in [1.54, 1.807) is 0 Å². The maximum atomic E-state index is 12.1. The SMILES string of the molecule is CCCCCCCCCCCCCCCCCC(=O)OCC(COC(=O)CCC)OC(=O)CCC. The third-order valence-electron chi connectivity index (χ3n) is 6.05. The fraction of sp³-hybridized carbons (Fsp3) is 0.897. The maximum absolute atomic E-state index is 12.1. The standard InChI is InChI=1S/C29H54O6/c1-4-7-8-9-10-11-12-13-14-15-16-17-18-19-20-23-28(31)34-25-26(35-29(32)22-6-3)24-33-27(30)21-5-2/h26H,4-25H2,1-3H3. The number of unbranched alkanes of at least 4 members (excludes halogenated alkanes) is 14. The van der Waals surface area contributed by atoms with Gasteiger partial charge in [-0.2, -0.15) is 0 Å². The van der Waals surface area contributed by atoms with Crippen LogP contribution in [0.1, 0.15) is 149 Å². The van der Waals surface area contributed by atoms with Gasteiger partial charge in [0.25, 0.3) is 0 Å². The summed E-state index contributed by atoms with van der Waals surface area (Å²) in [6, 6.07) is 0. The van der Waals surface area contributed by atoms with Gasteiger partial charge in [-0.15, -0.1) is 0 Å². The Morgan fingerprint density at radius 3 is 1.26 bits per heavy atom. The summed E-state index contributed by atoms with van der Waals surface area (Å²) >= 11 is 0. The van der Waals surface area contributed by atoms with Crippen molar-refractivity contribution < 1.29 is 28.6 Å². The summed E-state index contributed by atoms with van der Waals surface area (Å²) in [5, 5.41) is 0. The molecule has 0 aromatic carbocycles. The van der Waals surface area contributed by atoms with Crippen molar-refractivity contribution >= 4 is 17.9 Å². The average Bonchev–Trinajstić information content (AvgIpc) is 2.83. The lowest BCUT2D eigenvalue weighted by molar-refractivity contribution is -0.166. The van der Waals surface area contributed by atoms with Crippen LogP contribution in [0.3, 0.4) is 0 Å². The number of carbonyl (C=O) groups excluding carboxylic acids is 3. The highest BCUT2D eigenvalue weighted by Gasteiger charge is 2.19. The number of hydrogen-bond donors (Lipinski definition) is 0. The fourth-order valence-electron chi connectivity index (χ4n) is 3.93. The van der Waals surface area contributed by atoms with Gasteiger partial charge in [-0.05, 0) is 19.3 Å². The van der Waals surface area contributed by atoms with Crippen molar-refractivity contribution in [3.8, 4) is 0 Å². The van der Waals surface area contributed by atoms with Crippen molar-refractivity contribution in [2.24, 2.45) is 0 Å². The molecule has 1 atom stereocenters. The molecule has 0 saturated carbocycles. The molecule has 0 bridgehead atoms. The molecule has 0 spiro atoms. The molecule has 0 rings (SSSR count). The van der Waals surface area contributed by atoms with Gasteiger partial charge in [-0.1, -0.05) is 111 Å². The molecule has 0 fully saturated rings. The van der Waals surface area contributed by atoms with Crippen LogP contribution in [0.25, 0.3) is 0 Å². The molecule has 6 nitrogen and oxygen atoms in total. The Bertz CT molecular complexity index is 519. The maximum Gasteiger partial charge on any atom is 0.306 e. The molecule has 0 aliphatic rings. The Morgan fingerprint density at radius 2 is 0.829 bits per heavy atom. The van der Waals surface area contributed by atoms with Crippen molar-refractivity contribution in [1.29, 1.82) is 0 Å². The first-order chi connectivity index (χ1) is 17.0. The molecule has 0 aromatic heterocycles. The summed E-state index contributed by atoms with van der Waals surface area (Å²) in [7, 11) is 0. The Balaban J connectivity index is 3.75. The van der Waals surface area contributed by atoms with E-state index in [0.717, 1.165) is 19.3 Å². The lowest BCUT2D eigenvalue weighted by atomic mass is 10.0. The van der Waals surface area contributed by atoms with Gasteiger partial charge in [-0.25, -0.2) is 0 Å². The van der Waals surface area contributed by atoms with Crippen LogP contribution in [-0.2, 0) is 28.6 Å². The van der Waals surface area contributed by atoms with Crippen LogP contribution in [0.4, 0.5) is 0 Å². The second-order valence-corrected chi connectivity index (χ2v) is 9.68. The highest BCUT2D eigenvalue weighted by atomic mass is 16.6. The van der Waals surface area contributed by atoms with E-state index >= 15 is 0 Å². The van der Waals surface area contributed by atoms with E-state index in [1.807, 2.05) is 13.8 Å². The molecule has 0 radical (unpaired) electrons. The van der Waals surface area contributed by atoms with Crippen molar-refractivity contribution in [1.82, 2.24) is 0 Å². The minimum Gasteiger partial charge on any atom is -0.462 e. The van der Waals surface area contributed by atoms with Gasteiger partial charge in [0, 0.05) is 19.3 Å². The van der Waals surface area contributed by atoms with Gasteiger partial charge in [0.1, 0.15) is 13.2 Å². The van der Waals surface area contributed by atoms with E-state index in [0.29, 0.717) is 25.7 Å². The van der Waals surface area contributed by atoms with Gasteiger partial charge in [0.05, 0.1) is 0 Å². The minimum atomic E-state index is -0.750. The molecule has 206 valence electrons. The molecule has 0 aliphatic carbocycles. The molecule has 0 N–H and O–H groups in total. The van der Waals surface area contributed by atoms with Crippen LogP contribution >= 0.6 is 0 Å². The van der Waals surface area contributed by atoms with Crippen LogP contribution in [0.15, 0.2) is 0 Å². The normalized spacial score (nSPS) is 11.7. The number of ether oxygens (including phenoxy) is 3. The van der Waals surface area contributed by atoms with E-state index in [1.165, 1.54) is 77.0 Å². The smallest absolute Gasteiger partial charge is 0.306 e. The zero-order chi connectivity index (χ0) is 26.0. The van der Waals surface area contributed by atoms with Crippen molar-refractivity contribution in [3.05, 3.63) is 0 Å². The van der Waals surface area contributed by atoms with Crippen LogP contribution < -0.4 is 0 Å². The zero-order valence-corrected chi connectivity index (χ0v) is 23.1. The summed E-state index contributed by atoms with van der Waals surface area (Å²) in [6.45, 7) is 5.88. The predicted molar refractivity (Wildman–Crippen MR) is 141 cm³/mol. The molecule has 0 saturated heterocycles. The Hall–Kier alpha value is -1.59. The lowest BCUT2D eigenvalue weighted by Crippen LogP contribution is -2.30. The Labute approximate surface area is 215 Å². The summed E-state index contributed by atoms with van der Waals surface area (Å²) in [5.41, 5.74) is 0. The summed E-state index contributed by atoms with van der Waals surface area (Å²) in [5.74, 6) is -1.01. The number of hydrogen-bond acceptors (Lipinski definition) is 6. The van der Waals surface area contributed by atoms with Gasteiger partial charge >= 0.3 is 17.9 Å².